The lowest BCUT2D eigenvalue weighted by Crippen LogP contribution is -2.55. The topological polar surface area (TPSA) is 92.5 Å². The lowest BCUT2D eigenvalue weighted by molar-refractivity contribution is -0.126. The van der Waals surface area contributed by atoms with Crippen molar-refractivity contribution in [3.8, 4) is 0 Å². The molecule has 1 aliphatic rings. The van der Waals surface area contributed by atoms with E-state index in [1.807, 2.05) is 0 Å². The summed E-state index contributed by atoms with van der Waals surface area (Å²) in [6.45, 7) is 3.81. The Labute approximate surface area is 129 Å². The zero-order valence-electron chi connectivity index (χ0n) is 11.8. The third-order valence-corrected chi connectivity index (χ3v) is 5.85. The maximum absolute atomic E-state index is 12.8. The van der Waals surface area contributed by atoms with Gasteiger partial charge >= 0.3 is 0 Å². The van der Waals surface area contributed by atoms with Crippen LogP contribution in [-0.4, -0.2) is 42.8 Å². The summed E-state index contributed by atoms with van der Waals surface area (Å²) in [5, 5.41) is 2.64. The number of nitrogens with two attached hydrogens (primary N) is 1. The van der Waals surface area contributed by atoms with E-state index in [0.717, 1.165) is 0 Å². The van der Waals surface area contributed by atoms with Gasteiger partial charge in [0.1, 0.15) is 11.0 Å². The Morgan fingerprint density at radius 2 is 2.14 bits per heavy atom. The summed E-state index contributed by atoms with van der Waals surface area (Å²) in [5.41, 5.74) is 6.64. The van der Waals surface area contributed by atoms with Gasteiger partial charge in [0.05, 0.1) is 4.90 Å². The van der Waals surface area contributed by atoms with E-state index in [2.05, 4.69) is 5.32 Å². The van der Waals surface area contributed by atoms with Crippen LogP contribution in [0.1, 0.15) is 18.1 Å². The molecule has 1 aromatic rings. The highest BCUT2D eigenvalue weighted by molar-refractivity contribution is 7.89. The van der Waals surface area contributed by atoms with E-state index < -0.39 is 16.1 Å². The van der Waals surface area contributed by atoms with Crippen molar-refractivity contribution in [1.29, 1.82) is 0 Å². The molecule has 0 aliphatic carbocycles. The van der Waals surface area contributed by atoms with E-state index in [1.54, 1.807) is 26.0 Å². The molecule has 0 radical (unpaired) electrons. The molecule has 1 heterocycles. The second-order valence-electron chi connectivity index (χ2n) is 4.93. The third-order valence-electron chi connectivity index (χ3n) is 3.50. The standard InChI is InChI=1S/C13H17N3O3S2/c1-8-3-4-10(12(14)20)7-11(8)21(18,19)16-6-5-15-13(17)9(16)2/h3-4,7,9H,5-6H2,1-2H3,(H2,14,20)(H,15,17). The van der Waals surface area contributed by atoms with Gasteiger partial charge in [0.25, 0.3) is 0 Å². The van der Waals surface area contributed by atoms with E-state index in [9.17, 15) is 13.2 Å². The molecule has 21 heavy (non-hydrogen) atoms. The van der Waals surface area contributed by atoms with Gasteiger partial charge in [-0.3, -0.25) is 4.79 Å². The van der Waals surface area contributed by atoms with E-state index in [4.69, 9.17) is 18.0 Å². The van der Waals surface area contributed by atoms with Crippen molar-refractivity contribution in [2.45, 2.75) is 24.8 Å². The minimum Gasteiger partial charge on any atom is -0.389 e. The van der Waals surface area contributed by atoms with Crippen LogP contribution in [0.2, 0.25) is 0 Å². The van der Waals surface area contributed by atoms with Gasteiger partial charge in [0.2, 0.25) is 15.9 Å². The number of nitrogens with zero attached hydrogens (tertiary/aromatic N) is 1. The lowest BCUT2D eigenvalue weighted by Gasteiger charge is -2.32. The minimum atomic E-state index is -3.77. The second-order valence-corrected chi connectivity index (χ2v) is 7.23. The van der Waals surface area contributed by atoms with Crippen LogP contribution < -0.4 is 11.1 Å². The molecule has 1 atom stereocenters. The maximum Gasteiger partial charge on any atom is 0.244 e. The summed E-state index contributed by atoms with van der Waals surface area (Å²) >= 11 is 4.89. The maximum atomic E-state index is 12.8. The molecule has 114 valence electrons. The highest BCUT2D eigenvalue weighted by atomic mass is 32.2. The molecule has 1 aliphatic heterocycles. The van der Waals surface area contributed by atoms with Gasteiger partial charge in [0, 0.05) is 18.7 Å². The number of carbonyl (C=O) groups excluding carboxylic acids is 1. The van der Waals surface area contributed by atoms with Crippen molar-refractivity contribution >= 4 is 33.1 Å². The number of piperazine rings is 1. The number of hydrogen-bond acceptors (Lipinski definition) is 4. The molecular formula is C13H17N3O3S2. The zero-order valence-corrected chi connectivity index (χ0v) is 13.4. The first kappa shape index (κ1) is 15.9. The van der Waals surface area contributed by atoms with Crippen molar-refractivity contribution in [1.82, 2.24) is 9.62 Å². The molecule has 1 amide bonds. The minimum absolute atomic E-state index is 0.134. The van der Waals surface area contributed by atoms with E-state index in [0.29, 0.717) is 17.7 Å². The normalized spacial score (nSPS) is 20.1. The average molecular weight is 327 g/mol. The van der Waals surface area contributed by atoms with Crippen molar-refractivity contribution in [2.24, 2.45) is 5.73 Å². The Morgan fingerprint density at radius 1 is 1.48 bits per heavy atom. The molecule has 0 spiro atoms. The molecule has 0 aromatic heterocycles. The van der Waals surface area contributed by atoms with Crippen LogP contribution in [0, 0.1) is 6.92 Å². The molecule has 1 unspecified atom stereocenters. The van der Waals surface area contributed by atoms with Crippen LogP contribution in [0.25, 0.3) is 0 Å². The number of sulfonamides is 1. The van der Waals surface area contributed by atoms with Gasteiger partial charge in [0.15, 0.2) is 0 Å². The number of rotatable bonds is 3. The molecule has 1 saturated heterocycles. The number of benzene rings is 1. The molecule has 8 heteroatoms. The van der Waals surface area contributed by atoms with Gasteiger partial charge in [-0.25, -0.2) is 8.42 Å². The predicted molar refractivity (Wildman–Crippen MR) is 83.4 cm³/mol. The molecule has 0 bridgehead atoms. The molecule has 3 N–H and O–H groups in total. The predicted octanol–water partition coefficient (Wildman–Crippen LogP) is 0.138. The number of amides is 1. The lowest BCUT2D eigenvalue weighted by atomic mass is 10.1. The largest absolute Gasteiger partial charge is 0.389 e. The van der Waals surface area contributed by atoms with Gasteiger partial charge in [-0.05, 0) is 25.5 Å². The first-order valence-electron chi connectivity index (χ1n) is 6.45. The van der Waals surface area contributed by atoms with Crippen LogP contribution in [-0.2, 0) is 14.8 Å². The fourth-order valence-electron chi connectivity index (χ4n) is 2.25. The molecule has 1 aromatic carbocycles. The Morgan fingerprint density at radius 3 is 2.76 bits per heavy atom. The van der Waals surface area contributed by atoms with E-state index in [-0.39, 0.29) is 22.3 Å². The first-order valence-corrected chi connectivity index (χ1v) is 8.30. The molecule has 1 fully saturated rings. The summed E-state index contributed by atoms with van der Waals surface area (Å²) < 4.78 is 26.8. The van der Waals surface area contributed by atoms with Crippen LogP contribution in [0.3, 0.4) is 0 Å². The Bertz CT molecular complexity index is 701. The summed E-state index contributed by atoms with van der Waals surface area (Å²) in [6.07, 6.45) is 0. The number of hydrogen-bond donors (Lipinski definition) is 2. The van der Waals surface area contributed by atoms with Crippen LogP contribution in [0.4, 0.5) is 0 Å². The van der Waals surface area contributed by atoms with E-state index >= 15 is 0 Å². The average Bonchev–Trinajstić information content (AvgIpc) is 2.41. The summed E-state index contributed by atoms with van der Waals surface area (Å²) in [6, 6.07) is 4.07. The van der Waals surface area contributed by atoms with Gasteiger partial charge in [-0.15, -0.1) is 0 Å². The van der Waals surface area contributed by atoms with Crippen LogP contribution in [0.15, 0.2) is 23.1 Å². The smallest absolute Gasteiger partial charge is 0.244 e. The van der Waals surface area contributed by atoms with Crippen molar-refractivity contribution in [3.05, 3.63) is 29.3 Å². The van der Waals surface area contributed by atoms with Gasteiger partial charge in [-0.2, -0.15) is 4.31 Å². The molecule has 0 saturated carbocycles. The number of nitrogens with one attached hydrogen (secondary N) is 1. The fraction of sp³-hybridized carbons (Fsp3) is 0.385. The number of thiocarbonyl (C=S) groups is 1. The summed E-state index contributed by atoms with van der Waals surface area (Å²) in [7, 11) is -3.77. The Balaban J connectivity index is 2.51. The SMILES string of the molecule is Cc1ccc(C(N)=S)cc1S(=O)(=O)N1CCNC(=O)C1C. The highest BCUT2D eigenvalue weighted by Crippen LogP contribution is 2.24. The number of carbonyl (C=O) groups is 1. The highest BCUT2D eigenvalue weighted by Gasteiger charge is 2.36. The fourth-order valence-corrected chi connectivity index (χ4v) is 4.22. The molecule has 6 nitrogen and oxygen atoms in total. The van der Waals surface area contributed by atoms with Crippen LogP contribution in [0.5, 0.6) is 0 Å². The quantitative estimate of drug-likeness (QED) is 0.770. The van der Waals surface area contributed by atoms with Gasteiger partial charge in [-0.1, -0.05) is 24.4 Å². The first-order chi connectivity index (χ1) is 9.75. The second kappa shape index (κ2) is 5.70. The van der Waals surface area contributed by atoms with Crippen molar-refractivity contribution in [3.63, 3.8) is 0 Å². The number of aryl methyl sites for hydroxylation is 1. The van der Waals surface area contributed by atoms with Crippen molar-refractivity contribution < 1.29 is 13.2 Å². The van der Waals surface area contributed by atoms with Gasteiger partial charge < -0.3 is 11.1 Å². The zero-order chi connectivity index (χ0) is 15.8. The third kappa shape index (κ3) is 2.92. The molecule has 2 rings (SSSR count). The monoisotopic (exact) mass is 327 g/mol. The summed E-state index contributed by atoms with van der Waals surface area (Å²) in [4.78, 5) is 12.0. The van der Waals surface area contributed by atoms with E-state index in [1.165, 1.54) is 10.4 Å². The summed E-state index contributed by atoms with van der Waals surface area (Å²) in [5.74, 6) is -0.298. The van der Waals surface area contributed by atoms with Crippen molar-refractivity contribution in [2.75, 3.05) is 13.1 Å². The molecular weight excluding hydrogens is 310 g/mol. The Hall–Kier alpha value is -1.51. The van der Waals surface area contributed by atoms with Crippen LogP contribution >= 0.6 is 12.2 Å². The Kier molecular flexibility index (Phi) is 4.31.